The number of aryl methyl sites for hydroxylation is 1. The Morgan fingerprint density at radius 1 is 1.35 bits per heavy atom. The summed E-state index contributed by atoms with van der Waals surface area (Å²) in [5.41, 5.74) is 5.53. The van der Waals surface area contributed by atoms with Crippen LogP contribution in [-0.2, 0) is 12.3 Å². The number of hydrogen-bond donors (Lipinski definition) is 1. The van der Waals surface area contributed by atoms with E-state index in [1.807, 2.05) is 10.7 Å². The van der Waals surface area contributed by atoms with E-state index in [1.54, 1.807) is 30.4 Å². The fourth-order valence-electron chi connectivity index (χ4n) is 1.42. The first-order valence-corrected chi connectivity index (χ1v) is 6.49. The zero-order valence-corrected chi connectivity index (χ0v) is 10.5. The summed E-state index contributed by atoms with van der Waals surface area (Å²) in [7, 11) is 0. The first-order chi connectivity index (χ1) is 8.29. The molecule has 5 nitrogen and oxygen atoms in total. The summed E-state index contributed by atoms with van der Waals surface area (Å²) in [5, 5.41) is 4.19. The van der Waals surface area contributed by atoms with Crippen molar-refractivity contribution in [1.82, 2.24) is 19.7 Å². The molecule has 2 N–H and O–H groups in total. The summed E-state index contributed by atoms with van der Waals surface area (Å²) in [6, 6.07) is 3.77. The van der Waals surface area contributed by atoms with Gasteiger partial charge in [0.15, 0.2) is 0 Å². The molecule has 0 aliphatic rings. The number of rotatable bonds is 5. The molecule has 2 aromatic heterocycles. The maximum absolute atomic E-state index is 5.53. The second-order valence-corrected chi connectivity index (χ2v) is 4.66. The first-order valence-electron chi connectivity index (χ1n) is 5.50. The van der Waals surface area contributed by atoms with Crippen LogP contribution in [0.15, 0.2) is 29.6 Å². The summed E-state index contributed by atoms with van der Waals surface area (Å²) < 4.78 is 1.94. The molecule has 0 aliphatic carbocycles. The summed E-state index contributed by atoms with van der Waals surface area (Å²) in [4.78, 5) is 9.39. The molecular weight excluding hydrogens is 234 g/mol. The molecule has 0 bridgehead atoms. The van der Waals surface area contributed by atoms with Gasteiger partial charge in [-0.2, -0.15) is 5.10 Å². The molecule has 0 spiro atoms. The second kappa shape index (κ2) is 5.67. The van der Waals surface area contributed by atoms with Gasteiger partial charge >= 0.3 is 0 Å². The van der Waals surface area contributed by atoms with E-state index in [9.17, 15) is 0 Å². The fraction of sp³-hybridized carbons (Fsp3) is 0.364. The van der Waals surface area contributed by atoms with Gasteiger partial charge < -0.3 is 5.73 Å². The van der Waals surface area contributed by atoms with Crippen LogP contribution in [-0.4, -0.2) is 19.7 Å². The normalized spacial score (nSPS) is 10.6. The largest absolute Gasteiger partial charge is 0.384 e. The third-order valence-corrected chi connectivity index (χ3v) is 3.24. The van der Waals surface area contributed by atoms with Crippen LogP contribution < -0.4 is 5.73 Å². The first kappa shape index (κ1) is 11.9. The predicted octanol–water partition coefficient (Wildman–Crippen LogP) is 1.96. The van der Waals surface area contributed by atoms with Gasteiger partial charge in [0.05, 0.1) is 5.75 Å². The Morgan fingerprint density at radius 3 is 2.94 bits per heavy atom. The lowest BCUT2D eigenvalue weighted by Crippen LogP contribution is -2.04. The number of nitrogens with two attached hydrogens (primary N) is 1. The number of pyridine rings is 1. The molecule has 0 radical (unpaired) electrons. The maximum atomic E-state index is 5.53. The highest BCUT2D eigenvalue weighted by Crippen LogP contribution is 2.21. The third kappa shape index (κ3) is 3.20. The van der Waals surface area contributed by atoms with Gasteiger partial charge in [0.2, 0.25) is 0 Å². The third-order valence-electron chi connectivity index (χ3n) is 2.26. The lowest BCUT2D eigenvalue weighted by Gasteiger charge is -2.04. The topological polar surface area (TPSA) is 69.6 Å². The Morgan fingerprint density at radius 2 is 2.24 bits per heavy atom. The monoisotopic (exact) mass is 249 g/mol. The highest BCUT2D eigenvalue weighted by atomic mass is 32.2. The van der Waals surface area contributed by atoms with Crippen molar-refractivity contribution in [1.29, 1.82) is 0 Å². The van der Waals surface area contributed by atoms with E-state index in [2.05, 4.69) is 22.0 Å². The molecule has 90 valence electrons. The smallest absolute Gasteiger partial charge is 0.138 e. The van der Waals surface area contributed by atoms with E-state index in [1.165, 1.54) is 0 Å². The van der Waals surface area contributed by atoms with Gasteiger partial charge in [-0.15, -0.1) is 11.8 Å². The SMILES string of the molecule is CCCn1ncnc1CSc1ccc(N)nc1. The Balaban J connectivity index is 1.97. The number of anilines is 1. The van der Waals surface area contributed by atoms with E-state index in [0.717, 1.165) is 29.4 Å². The minimum Gasteiger partial charge on any atom is -0.384 e. The van der Waals surface area contributed by atoms with Crippen molar-refractivity contribution in [2.45, 2.75) is 30.5 Å². The van der Waals surface area contributed by atoms with Gasteiger partial charge in [-0.3, -0.25) is 0 Å². The lowest BCUT2D eigenvalue weighted by atomic mass is 10.5. The Bertz CT molecular complexity index is 465. The van der Waals surface area contributed by atoms with Crippen LogP contribution in [0.4, 0.5) is 5.82 Å². The summed E-state index contributed by atoms with van der Waals surface area (Å²) in [6.07, 6.45) is 4.44. The number of hydrogen-bond acceptors (Lipinski definition) is 5. The van der Waals surface area contributed by atoms with Crippen LogP contribution in [0.25, 0.3) is 0 Å². The van der Waals surface area contributed by atoms with Gasteiger partial charge in [-0.1, -0.05) is 6.92 Å². The molecule has 0 amide bonds. The fourth-order valence-corrected chi connectivity index (χ4v) is 2.23. The number of thioether (sulfide) groups is 1. The van der Waals surface area contributed by atoms with Crippen LogP contribution in [0.3, 0.4) is 0 Å². The molecule has 2 rings (SSSR count). The van der Waals surface area contributed by atoms with E-state index >= 15 is 0 Å². The van der Waals surface area contributed by atoms with E-state index in [-0.39, 0.29) is 0 Å². The molecule has 0 saturated heterocycles. The van der Waals surface area contributed by atoms with Crippen molar-refractivity contribution >= 4 is 17.6 Å². The average molecular weight is 249 g/mol. The summed E-state index contributed by atoms with van der Waals surface area (Å²) in [5.74, 6) is 2.34. The van der Waals surface area contributed by atoms with Gasteiger partial charge in [-0.25, -0.2) is 14.6 Å². The molecular formula is C11H15N5S. The standard InChI is InChI=1S/C11H15N5S/c1-2-5-16-11(14-8-15-16)7-17-9-3-4-10(12)13-6-9/h3-4,6,8H,2,5,7H2,1H3,(H2,12,13). The quantitative estimate of drug-likeness (QED) is 0.820. The maximum Gasteiger partial charge on any atom is 0.138 e. The van der Waals surface area contributed by atoms with Gasteiger partial charge in [0.1, 0.15) is 18.0 Å². The van der Waals surface area contributed by atoms with Crippen LogP contribution in [0, 0.1) is 0 Å². The predicted molar refractivity (Wildman–Crippen MR) is 68.5 cm³/mol. The van der Waals surface area contributed by atoms with Gasteiger partial charge in [0, 0.05) is 17.6 Å². The molecule has 0 fully saturated rings. The van der Waals surface area contributed by atoms with Crippen LogP contribution >= 0.6 is 11.8 Å². The second-order valence-electron chi connectivity index (χ2n) is 3.61. The zero-order valence-electron chi connectivity index (χ0n) is 9.71. The van der Waals surface area contributed by atoms with Crippen molar-refractivity contribution in [2.75, 3.05) is 5.73 Å². The molecule has 0 aromatic carbocycles. The van der Waals surface area contributed by atoms with E-state index in [4.69, 9.17) is 5.73 Å². The van der Waals surface area contributed by atoms with Crippen LogP contribution in [0.5, 0.6) is 0 Å². The average Bonchev–Trinajstić information content (AvgIpc) is 2.77. The van der Waals surface area contributed by atoms with Crippen LogP contribution in [0.2, 0.25) is 0 Å². The molecule has 0 saturated carbocycles. The molecule has 2 aromatic rings. The summed E-state index contributed by atoms with van der Waals surface area (Å²) >= 11 is 1.69. The van der Waals surface area contributed by atoms with Crippen molar-refractivity contribution in [3.63, 3.8) is 0 Å². The van der Waals surface area contributed by atoms with Crippen molar-refractivity contribution < 1.29 is 0 Å². The van der Waals surface area contributed by atoms with E-state index < -0.39 is 0 Å². The molecule has 6 heteroatoms. The van der Waals surface area contributed by atoms with Crippen molar-refractivity contribution in [3.05, 3.63) is 30.5 Å². The minimum atomic E-state index is 0.545. The lowest BCUT2D eigenvalue weighted by molar-refractivity contribution is 0.581. The molecule has 0 unspecified atom stereocenters. The van der Waals surface area contributed by atoms with Crippen molar-refractivity contribution in [2.24, 2.45) is 0 Å². The number of nitrogen functional groups attached to an aromatic ring is 1. The Kier molecular flexibility index (Phi) is 3.98. The highest BCUT2D eigenvalue weighted by molar-refractivity contribution is 7.98. The molecule has 0 aliphatic heterocycles. The zero-order chi connectivity index (χ0) is 12.1. The van der Waals surface area contributed by atoms with Crippen molar-refractivity contribution in [3.8, 4) is 0 Å². The Labute approximate surface area is 104 Å². The van der Waals surface area contributed by atoms with E-state index in [0.29, 0.717) is 5.82 Å². The minimum absolute atomic E-state index is 0.545. The Hall–Kier alpha value is -1.56. The number of nitrogens with zero attached hydrogens (tertiary/aromatic N) is 4. The highest BCUT2D eigenvalue weighted by Gasteiger charge is 2.04. The van der Waals surface area contributed by atoms with Crippen LogP contribution in [0.1, 0.15) is 19.2 Å². The van der Waals surface area contributed by atoms with Gasteiger partial charge in [0.25, 0.3) is 0 Å². The molecule has 0 atom stereocenters. The van der Waals surface area contributed by atoms with Gasteiger partial charge in [-0.05, 0) is 18.6 Å². The number of aromatic nitrogens is 4. The molecule has 2 heterocycles. The molecule has 17 heavy (non-hydrogen) atoms. The summed E-state index contributed by atoms with van der Waals surface area (Å²) in [6.45, 7) is 3.04.